The molecule has 4 heteroatoms. The molecule has 1 N–H and O–H groups in total. The molecular formula is C16H26N2O2. The Morgan fingerprint density at radius 1 is 1.35 bits per heavy atom. The molecule has 20 heavy (non-hydrogen) atoms. The van der Waals surface area contributed by atoms with Crippen LogP contribution in [0, 0.1) is 6.92 Å². The quantitative estimate of drug-likeness (QED) is 0.869. The van der Waals surface area contributed by atoms with Crippen LogP contribution in [0.1, 0.15) is 37.9 Å². The topological polar surface area (TPSA) is 41.6 Å². The Hall–Kier alpha value is -1.55. The van der Waals surface area contributed by atoms with Crippen molar-refractivity contribution in [2.45, 2.75) is 39.8 Å². The summed E-state index contributed by atoms with van der Waals surface area (Å²) < 4.78 is 5.74. The van der Waals surface area contributed by atoms with Gasteiger partial charge in [-0.15, -0.1) is 0 Å². The van der Waals surface area contributed by atoms with Crippen LogP contribution in [-0.4, -0.2) is 37.6 Å². The van der Waals surface area contributed by atoms with Gasteiger partial charge in [0.05, 0.1) is 0 Å². The summed E-state index contributed by atoms with van der Waals surface area (Å²) in [5.74, 6) is 0.766. The Bertz CT molecular complexity index is 458. The normalized spacial score (nSPS) is 12.3. The molecule has 0 aliphatic rings. The Morgan fingerprint density at radius 2 is 2.00 bits per heavy atom. The number of hydrogen-bond acceptors (Lipinski definition) is 3. The zero-order chi connectivity index (χ0) is 15.3. The van der Waals surface area contributed by atoms with Crippen LogP contribution in [-0.2, 0) is 4.79 Å². The lowest BCUT2D eigenvalue weighted by molar-refractivity contribution is -0.133. The summed E-state index contributed by atoms with van der Waals surface area (Å²) in [4.78, 5) is 13.7. The van der Waals surface area contributed by atoms with Gasteiger partial charge in [0.1, 0.15) is 5.75 Å². The lowest BCUT2D eigenvalue weighted by atomic mass is 10.1. The van der Waals surface area contributed by atoms with E-state index in [1.165, 1.54) is 0 Å². The molecule has 0 aliphatic carbocycles. The van der Waals surface area contributed by atoms with E-state index in [1.807, 2.05) is 40.0 Å². The fourth-order valence-electron chi connectivity index (χ4n) is 1.81. The molecule has 0 saturated heterocycles. The van der Waals surface area contributed by atoms with Crippen LogP contribution < -0.4 is 10.1 Å². The Balaban J connectivity index is 2.81. The molecule has 0 radical (unpaired) electrons. The summed E-state index contributed by atoms with van der Waals surface area (Å²) in [6.45, 7) is 8.13. The second kappa shape index (κ2) is 7.29. The van der Waals surface area contributed by atoms with Crippen molar-refractivity contribution < 1.29 is 9.53 Å². The van der Waals surface area contributed by atoms with Gasteiger partial charge in [-0.25, -0.2) is 0 Å². The number of amides is 1. The van der Waals surface area contributed by atoms with Crippen LogP contribution in [0.25, 0.3) is 0 Å². The van der Waals surface area contributed by atoms with E-state index in [0.717, 1.165) is 16.9 Å². The van der Waals surface area contributed by atoms with Crippen molar-refractivity contribution in [1.29, 1.82) is 0 Å². The van der Waals surface area contributed by atoms with Gasteiger partial charge in [0.25, 0.3) is 5.91 Å². The van der Waals surface area contributed by atoms with Crippen molar-refractivity contribution in [3.8, 4) is 5.75 Å². The van der Waals surface area contributed by atoms with Crippen LogP contribution in [0.3, 0.4) is 0 Å². The number of nitrogens with one attached hydrogen (secondary N) is 1. The number of likely N-dealkylation sites (N-methyl/N-ethyl adjacent to an activating group) is 1. The largest absolute Gasteiger partial charge is 0.483 e. The molecule has 1 rings (SSSR count). The predicted molar refractivity (Wildman–Crippen MR) is 82.1 cm³/mol. The van der Waals surface area contributed by atoms with E-state index in [4.69, 9.17) is 4.74 Å². The maximum absolute atomic E-state index is 12.0. The first-order chi connectivity index (χ1) is 9.36. The molecular weight excluding hydrogens is 252 g/mol. The number of benzene rings is 1. The maximum Gasteiger partial charge on any atom is 0.260 e. The highest BCUT2D eigenvalue weighted by molar-refractivity contribution is 5.77. The first-order valence-corrected chi connectivity index (χ1v) is 7.03. The number of rotatable bonds is 6. The van der Waals surface area contributed by atoms with E-state index in [-0.39, 0.29) is 24.6 Å². The smallest absolute Gasteiger partial charge is 0.260 e. The number of ether oxygens (including phenoxy) is 1. The van der Waals surface area contributed by atoms with Gasteiger partial charge in [0, 0.05) is 24.7 Å². The molecule has 112 valence electrons. The van der Waals surface area contributed by atoms with Crippen molar-refractivity contribution in [2.75, 3.05) is 20.7 Å². The molecule has 1 aromatic carbocycles. The zero-order valence-corrected chi connectivity index (χ0v) is 13.4. The number of carbonyl (C=O) groups excluding carboxylic acids is 1. The van der Waals surface area contributed by atoms with E-state index in [2.05, 4.69) is 18.3 Å². The van der Waals surface area contributed by atoms with E-state index in [9.17, 15) is 4.79 Å². The SMILES string of the molecule is CNC(C)c1ccc(C)cc1OCC(=O)N(C)C(C)C. The van der Waals surface area contributed by atoms with Crippen molar-refractivity contribution in [3.63, 3.8) is 0 Å². The van der Waals surface area contributed by atoms with Crippen LogP contribution in [0.5, 0.6) is 5.75 Å². The molecule has 0 fully saturated rings. The highest BCUT2D eigenvalue weighted by Gasteiger charge is 2.15. The van der Waals surface area contributed by atoms with Gasteiger partial charge < -0.3 is 15.0 Å². The lowest BCUT2D eigenvalue weighted by Gasteiger charge is -2.22. The van der Waals surface area contributed by atoms with Gasteiger partial charge in [-0.2, -0.15) is 0 Å². The summed E-state index contributed by atoms with van der Waals surface area (Å²) in [7, 11) is 3.70. The molecule has 1 aromatic rings. The Morgan fingerprint density at radius 3 is 2.55 bits per heavy atom. The van der Waals surface area contributed by atoms with Crippen LogP contribution in [0.2, 0.25) is 0 Å². The highest BCUT2D eigenvalue weighted by Crippen LogP contribution is 2.26. The van der Waals surface area contributed by atoms with Crippen molar-refractivity contribution in [3.05, 3.63) is 29.3 Å². The van der Waals surface area contributed by atoms with Crippen LogP contribution in [0.15, 0.2) is 18.2 Å². The fourth-order valence-corrected chi connectivity index (χ4v) is 1.81. The van der Waals surface area contributed by atoms with E-state index < -0.39 is 0 Å². The number of carbonyl (C=O) groups is 1. The van der Waals surface area contributed by atoms with Crippen LogP contribution in [0.4, 0.5) is 0 Å². The minimum Gasteiger partial charge on any atom is -0.483 e. The summed E-state index contributed by atoms with van der Waals surface area (Å²) in [6.07, 6.45) is 0. The average molecular weight is 278 g/mol. The molecule has 0 heterocycles. The minimum atomic E-state index is -0.00966. The van der Waals surface area contributed by atoms with Gasteiger partial charge >= 0.3 is 0 Å². The summed E-state index contributed by atoms with van der Waals surface area (Å²) in [5.41, 5.74) is 2.19. The molecule has 0 spiro atoms. The third-order valence-electron chi connectivity index (χ3n) is 3.59. The molecule has 0 saturated carbocycles. The van der Waals surface area contributed by atoms with Gasteiger partial charge in [0.2, 0.25) is 0 Å². The second-order valence-corrected chi connectivity index (χ2v) is 5.44. The molecule has 1 unspecified atom stereocenters. The van der Waals surface area contributed by atoms with Crippen molar-refractivity contribution in [1.82, 2.24) is 10.2 Å². The van der Waals surface area contributed by atoms with Crippen LogP contribution >= 0.6 is 0 Å². The van der Waals surface area contributed by atoms with E-state index >= 15 is 0 Å². The van der Waals surface area contributed by atoms with Crippen molar-refractivity contribution in [2.24, 2.45) is 0 Å². The molecule has 0 aromatic heterocycles. The van der Waals surface area contributed by atoms with Gasteiger partial charge in [0.15, 0.2) is 6.61 Å². The standard InChI is InChI=1S/C16H26N2O2/c1-11(2)18(6)16(19)10-20-15-9-12(3)7-8-14(15)13(4)17-5/h7-9,11,13,17H,10H2,1-6H3. The maximum atomic E-state index is 12.0. The minimum absolute atomic E-state index is 0.00966. The third kappa shape index (κ3) is 4.23. The summed E-state index contributed by atoms with van der Waals surface area (Å²) in [6, 6.07) is 6.44. The van der Waals surface area contributed by atoms with Gasteiger partial charge in [-0.05, 0) is 46.4 Å². The molecule has 1 atom stereocenters. The monoisotopic (exact) mass is 278 g/mol. The summed E-state index contributed by atoms with van der Waals surface area (Å²) >= 11 is 0. The molecule has 1 amide bonds. The number of aryl methyl sites for hydroxylation is 1. The van der Waals surface area contributed by atoms with E-state index in [1.54, 1.807) is 11.9 Å². The first-order valence-electron chi connectivity index (χ1n) is 7.03. The van der Waals surface area contributed by atoms with Gasteiger partial charge in [-0.3, -0.25) is 4.79 Å². The average Bonchev–Trinajstić information content (AvgIpc) is 2.42. The number of nitrogens with zero attached hydrogens (tertiary/aromatic N) is 1. The fraction of sp³-hybridized carbons (Fsp3) is 0.562. The Kier molecular flexibility index (Phi) is 6.02. The van der Waals surface area contributed by atoms with Crippen molar-refractivity contribution >= 4 is 5.91 Å². The molecule has 4 nitrogen and oxygen atoms in total. The third-order valence-corrected chi connectivity index (χ3v) is 3.59. The highest BCUT2D eigenvalue weighted by atomic mass is 16.5. The van der Waals surface area contributed by atoms with E-state index in [0.29, 0.717) is 0 Å². The predicted octanol–water partition coefficient (Wildman–Crippen LogP) is 2.52. The zero-order valence-electron chi connectivity index (χ0n) is 13.4. The lowest BCUT2D eigenvalue weighted by Crippen LogP contribution is -2.36. The molecule has 0 bridgehead atoms. The summed E-state index contributed by atoms with van der Waals surface area (Å²) in [5, 5.41) is 3.19. The molecule has 0 aliphatic heterocycles. The van der Waals surface area contributed by atoms with Gasteiger partial charge in [-0.1, -0.05) is 12.1 Å². The first kappa shape index (κ1) is 16.5. The Labute approximate surface area is 122 Å². The number of hydrogen-bond donors (Lipinski definition) is 1. The second-order valence-electron chi connectivity index (χ2n) is 5.44.